The van der Waals surface area contributed by atoms with Gasteiger partial charge in [-0.05, 0) is 12.1 Å². The van der Waals surface area contributed by atoms with E-state index in [1.54, 1.807) is 28.6 Å². The number of anilines is 1. The van der Waals surface area contributed by atoms with E-state index in [0.717, 1.165) is 28.6 Å². The lowest BCUT2D eigenvalue weighted by Gasteiger charge is -2.09. The lowest BCUT2D eigenvalue weighted by atomic mass is 10.2. The first-order valence-electron chi connectivity index (χ1n) is 8.00. The number of fused-ring (bicyclic) bond motifs is 2. The third-order valence-electron chi connectivity index (χ3n) is 4.28. The summed E-state index contributed by atoms with van der Waals surface area (Å²) in [6.45, 7) is 0.289. The fourth-order valence-electron chi connectivity index (χ4n) is 2.98. The van der Waals surface area contributed by atoms with Crippen molar-refractivity contribution in [3.8, 4) is 0 Å². The molecule has 25 heavy (non-hydrogen) atoms. The highest BCUT2D eigenvalue weighted by molar-refractivity contribution is 7.98. The number of amides is 1. The van der Waals surface area contributed by atoms with E-state index in [1.165, 1.54) is 10.9 Å². The van der Waals surface area contributed by atoms with Crippen LogP contribution in [0.15, 0.2) is 35.4 Å². The lowest BCUT2D eigenvalue weighted by Crippen LogP contribution is -2.24. The first-order valence-corrected chi connectivity index (χ1v) is 9.15. The predicted octanol–water partition coefficient (Wildman–Crippen LogP) is 1.91. The molecule has 128 valence electrons. The molecule has 2 aromatic heterocycles. The largest absolute Gasteiger partial charge is 0.311 e. The van der Waals surface area contributed by atoms with Crippen molar-refractivity contribution < 1.29 is 4.79 Å². The van der Waals surface area contributed by atoms with E-state index in [1.807, 2.05) is 19.2 Å². The number of rotatable bonds is 4. The zero-order chi connectivity index (χ0) is 17.4. The molecule has 3 heterocycles. The summed E-state index contributed by atoms with van der Waals surface area (Å²) in [7, 11) is 1.83. The maximum absolute atomic E-state index is 12.4. The topological polar surface area (TPSA) is 81.8 Å². The van der Waals surface area contributed by atoms with Crippen LogP contribution in [0.2, 0.25) is 0 Å². The zero-order valence-electron chi connectivity index (χ0n) is 13.7. The Morgan fingerprint density at radius 3 is 3.04 bits per heavy atom. The SMILES string of the molecule is Cn1nc2c(c1NC(=O)CCn1cnc3ccccc3c1=O)CSC2. The lowest BCUT2D eigenvalue weighted by molar-refractivity contribution is -0.116. The van der Waals surface area contributed by atoms with Gasteiger partial charge < -0.3 is 5.32 Å². The Labute approximate surface area is 148 Å². The molecule has 4 rings (SSSR count). The Hall–Kier alpha value is -2.61. The van der Waals surface area contributed by atoms with Crippen LogP contribution in [0, 0.1) is 0 Å². The van der Waals surface area contributed by atoms with Crippen molar-refractivity contribution in [1.82, 2.24) is 19.3 Å². The summed E-state index contributed by atoms with van der Waals surface area (Å²) in [6.07, 6.45) is 1.70. The van der Waals surface area contributed by atoms with Gasteiger partial charge in [-0.25, -0.2) is 4.98 Å². The summed E-state index contributed by atoms with van der Waals surface area (Å²) >= 11 is 1.79. The molecule has 0 radical (unpaired) electrons. The van der Waals surface area contributed by atoms with Crippen LogP contribution in [0.3, 0.4) is 0 Å². The van der Waals surface area contributed by atoms with Crippen LogP contribution in [0.5, 0.6) is 0 Å². The van der Waals surface area contributed by atoms with E-state index in [4.69, 9.17) is 0 Å². The maximum atomic E-state index is 12.4. The molecular weight excluding hydrogens is 338 g/mol. The Morgan fingerprint density at radius 1 is 1.32 bits per heavy atom. The monoisotopic (exact) mass is 355 g/mol. The molecule has 0 saturated heterocycles. The number of nitrogens with zero attached hydrogens (tertiary/aromatic N) is 4. The Kier molecular flexibility index (Phi) is 4.04. The minimum Gasteiger partial charge on any atom is -0.311 e. The van der Waals surface area contributed by atoms with Crippen molar-refractivity contribution >= 4 is 34.4 Å². The second kappa shape index (κ2) is 6.36. The molecule has 1 aliphatic heterocycles. The van der Waals surface area contributed by atoms with Gasteiger partial charge in [0.1, 0.15) is 5.82 Å². The average Bonchev–Trinajstić information content (AvgIpc) is 3.17. The molecule has 8 heteroatoms. The molecule has 1 N–H and O–H groups in total. The zero-order valence-corrected chi connectivity index (χ0v) is 14.5. The molecule has 0 bridgehead atoms. The molecule has 0 atom stereocenters. The molecule has 1 aliphatic rings. The number of nitrogens with one attached hydrogen (secondary N) is 1. The van der Waals surface area contributed by atoms with E-state index < -0.39 is 0 Å². The standard InChI is InChI=1S/C17H17N5O2S/c1-21-16(12-8-25-9-14(12)20-21)19-15(23)6-7-22-10-18-13-5-3-2-4-11(13)17(22)24/h2-5,10H,6-9H2,1H3,(H,19,23). The Balaban J connectivity index is 1.48. The molecule has 0 unspecified atom stereocenters. The number of hydrogen-bond acceptors (Lipinski definition) is 5. The van der Waals surface area contributed by atoms with Crippen LogP contribution in [-0.2, 0) is 29.9 Å². The van der Waals surface area contributed by atoms with Crippen molar-refractivity contribution in [2.75, 3.05) is 5.32 Å². The molecule has 3 aromatic rings. The van der Waals surface area contributed by atoms with Crippen LogP contribution in [0.25, 0.3) is 10.9 Å². The number of carbonyl (C=O) groups is 1. The number of para-hydroxylation sites is 1. The number of benzene rings is 1. The summed E-state index contributed by atoms with van der Waals surface area (Å²) in [6, 6.07) is 7.20. The van der Waals surface area contributed by atoms with Crippen molar-refractivity contribution in [2.24, 2.45) is 7.05 Å². The summed E-state index contributed by atoms with van der Waals surface area (Å²) in [5.74, 6) is 2.38. The van der Waals surface area contributed by atoms with Gasteiger partial charge in [-0.2, -0.15) is 16.9 Å². The van der Waals surface area contributed by atoms with Crippen LogP contribution in [0.4, 0.5) is 5.82 Å². The van der Waals surface area contributed by atoms with Gasteiger partial charge in [-0.1, -0.05) is 12.1 Å². The third kappa shape index (κ3) is 2.93. The number of aryl methyl sites for hydroxylation is 2. The van der Waals surface area contributed by atoms with Gasteiger partial charge >= 0.3 is 0 Å². The fourth-order valence-corrected chi connectivity index (χ4v) is 4.01. The summed E-state index contributed by atoms with van der Waals surface area (Å²) in [5, 5.41) is 7.92. The van der Waals surface area contributed by atoms with E-state index >= 15 is 0 Å². The van der Waals surface area contributed by atoms with E-state index in [2.05, 4.69) is 15.4 Å². The summed E-state index contributed by atoms with van der Waals surface area (Å²) < 4.78 is 3.19. The highest BCUT2D eigenvalue weighted by Gasteiger charge is 2.22. The van der Waals surface area contributed by atoms with Gasteiger partial charge in [0.15, 0.2) is 0 Å². The normalized spacial score (nSPS) is 13.2. The molecule has 7 nitrogen and oxygen atoms in total. The van der Waals surface area contributed by atoms with Crippen LogP contribution in [-0.4, -0.2) is 25.2 Å². The van der Waals surface area contributed by atoms with Gasteiger partial charge in [-0.3, -0.25) is 18.8 Å². The second-order valence-electron chi connectivity index (χ2n) is 5.95. The Morgan fingerprint density at radius 2 is 2.16 bits per heavy atom. The molecule has 0 spiro atoms. The quantitative estimate of drug-likeness (QED) is 0.773. The Bertz CT molecular complexity index is 1020. The first kappa shape index (κ1) is 15.9. The van der Waals surface area contributed by atoms with Gasteiger partial charge in [0.05, 0.1) is 22.9 Å². The molecule has 0 aliphatic carbocycles. The van der Waals surface area contributed by atoms with Crippen molar-refractivity contribution in [3.63, 3.8) is 0 Å². The van der Waals surface area contributed by atoms with Crippen molar-refractivity contribution in [1.29, 1.82) is 0 Å². The van der Waals surface area contributed by atoms with Gasteiger partial charge in [0.2, 0.25) is 5.91 Å². The number of thioether (sulfide) groups is 1. The molecule has 1 aromatic carbocycles. The average molecular weight is 355 g/mol. The second-order valence-corrected chi connectivity index (χ2v) is 6.93. The fraction of sp³-hybridized carbons (Fsp3) is 0.294. The van der Waals surface area contributed by atoms with Crippen molar-refractivity contribution in [3.05, 3.63) is 52.2 Å². The minimum absolute atomic E-state index is 0.128. The molecule has 0 saturated carbocycles. The molecule has 0 fully saturated rings. The first-order chi connectivity index (χ1) is 12.1. The van der Waals surface area contributed by atoms with E-state index in [0.29, 0.717) is 10.9 Å². The number of carbonyl (C=O) groups excluding carboxylic acids is 1. The molecule has 1 amide bonds. The summed E-state index contributed by atoms with van der Waals surface area (Å²) in [5.41, 5.74) is 2.68. The van der Waals surface area contributed by atoms with Gasteiger partial charge in [0.25, 0.3) is 5.56 Å². The van der Waals surface area contributed by atoms with Crippen LogP contribution < -0.4 is 10.9 Å². The van der Waals surface area contributed by atoms with E-state index in [9.17, 15) is 9.59 Å². The highest BCUT2D eigenvalue weighted by Crippen LogP contribution is 2.34. The third-order valence-corrected chi connectivity index (χ3v) is 5.25. The molecular formula is C17H17N5O2S. The maximum Gasteiger partial charge on any atom is 0.261 e. The van der Waals surface area contributed by atoms with Gasteiger partial charge in [-0.15, -0.1) is 0 Å². The van der Waals surface area contributed by atoms with Crippen LogP contribution >= 0.6 is 11.8 Å². The van der Waals surface area contributed by atoms with Crippen molar-refractivity contribution in [2.45, 2.75) is 24.5 Å². The smallest absolute Gasteiger partial charge is 0.261 e. The number of aromatic nitrogens is 4. The summed E-state index contributed by atoms with van der Waals surface area (Å²) in [4.78, 5) is 29.0. The minimum atomic E-state index is -0.136. The van der Waals surface area contributed by atoms with Crippen LogP contribution in [0.1, 0.15) is 17.7 Å². The highest BCUT2D eigenvalue weighted by atomic mass is 32.2. The predicted molar refractivity (Wildman–Crippen MR) is 97.5 cm³/mol. The van der Waals surface area contributed by atoms with E-state index in [-0.39, 0.29) is 24.4 Å². The number of hydrogen-bond donors (Lipinski definition) is 1. The van der Waals surface area contributed by atoms with Gasteiger partial charge in [0, 0.05) is 37.1 Å².